The Bertz CT molecular complexity index is 295. The van der Waals surface area contributed by atoms with Gasteiger partial charge in [-0.15, -0.1) is 0 Å². The highest BCUT2D eigenvalue weighted by atomic mass is 16.5. The van der Waals surface area contributed by atoms with E-state index in [9.17, 15) is 0 Å². The summed E-state index contributed by atoms with van der Waals surface area (Å²) >= 11 is 0. The van der Waals surface area contributed by atoms with Crippen molar-refractivity contribution in [2.45, 2.75) is 200 Å². The Balaban J connectivity index is 2.99. The second-order valence-corrected chi connectivity index (χ2v) is 11.0. The van der Waals surface area contributed by atoms with Crippen LogP contribution in [-0.2, 0) is 4.74 Å². The van der Waals surface area contributed by atoms with Gasteiger partial charge in [0.1, 0.15) is 0 Å². The van der Waals surface area contributed by atoms with Gasteiger partial charge in [0.15, 0.2) is 0 Å². The zero-order chi connectivity index (χ0) is 24.6. The fraction of sp³-hybridized carbons (Fsp3) is 0.970. The molecule has 205 valence electrons. The molecule has 0 unspecified atom stereocenters. The van der Waals surface area contributed by atoms with Gasteiger partial charge in [-0.25, -0.2) is 0 Å². The number of ether oxygens (including phenoxy) is 1. The van der Waals surface area contributed by atoms with Crippen molar-refractivity contribution in [3.05, 3.63) is 6.61 Å². The lowest BCUT2D eigenvalue weighted by Crippen LogP contribution is -1.92. The van der Waals surface area contributed by atoms with Crippen LogP contribution in [0.2, 0.25) is 0 Å². The largest absolute Gasteiger partial charge is 0.376 e. The predicted octanol–water partition coefficient (Wildman–Crippen LogP) is 12.5. The normalized spacial score (nSPS) is 11.5. The van der Waals surface area contributed by atoms with Crippen LogP contribution in [0.25, 0.3) is 0 Å². The third kappa shape index (κ3) is 32.0. The molecule has 0 bridgehead atoms. The van der Waals surface area contributed by atoms with Gasteiger partial charge < -0.3 is 4.74 Å². The maximum atomic E-state index is 5.71. The van der Waals surface area contributed by atoms with E-state index >= 15 is 0 Å². The van der Waals surface area contributed by atoms with Gasteiger partial charge in [0.25, 0.3) is 0 Å². The van der Waals surface area contributed by atoms with Gasteiger partial charge >= 0.3 is 0 Å². The molecule has 0 aliphatic rings. The average molecular weight is 480 g/mol. The van der Waals surface area contributed by atoms with Gasteiger partial charge in [-0.1, -0.05) is 187 Å². The van der Waals surface area contributed by atoms with Crippen LogP contribution < -0.4 is 0 Å². The van der Waals surface area contributed by atoms with Crippen molar-refractivity contribution in [1.82, 2.24) is 0 Å². The molecule has 0 aliphatic heterocycles. The first-order valence-corrected chi connectivity index (χ1v) is 16.3. The molecule has 0 aromatic rings. The third-order valence-electron chi connectivity index (χ3n) is 7.41. The maximum Gasteiger partial charge on any atom is 0.0836 e. The van der Waals surface area contributed by atoms with E-state index in [0.717, 1.165) is 13.0 Å². The molecule has 0 fully saturated rings. The summed E-state index contributed by atoms with van der Waals surface area (Å²) < 4.78 is 5.71. The molecule has 0 heterocycles. The molecule has 0 aliphatic carbocycles. The van der Waals surface area contributed by atoms with Gasteiger partial charge in [0.05, 0.1) is 6.61 Å². The molecular weight excluding hydrogens is 412 g/mol. The summed E-state index contributed by atoms with van der Waals surface area (Å²) in [6.45, 7) is 7.61. The quantitative estimate of drug-likeness (QED) is 0.0898. The van der Waals surface area contributed by atoms with Crippen molar-refractivity contribution in [3.63, 3.8) is 0 Å². The summed E-state index contributed by atoms with van der Waals surface area (Å²) in [5, 5.41) is 0. The van der Waals surface area contributed by atoms with Crippen LogP contribution in [0.15, 0.2) is 0 Å². The topological polar surface area (TPSA) is 9.23 Å². The van der Waals surface area contributed by atoms with Crippen molar-refractivity contribution in [3.8, 4) is 0 Å². The Kier molecular flexibility index (Phi) is 32.9. The Morgan fingerprint density at radius 2 is 0.588 bits per heavy atom. The van der Waals surface area contributed by atoms with E-state index in [1.54, 1.807) is 0 Å². The van der Waals surface area contributed by atoms with Crippen molar-refractivity contribution >= 4 is 0 Å². The first kappa shape index (κ1) is 34.0. The SMILES string of the molecule is CCCCCCCCCCCCCCCCCCCCC[CH]OCCCCCCCCCCC. The van der Waals surface area contributed by atoms with Crippen LogP contribution in [0.1, 0.15) is 200 Å². The van der Waals surface area contributed by atoms with Crippen molar-refractivity contribution in [2.24, 2.45) is 0 Å². The highest BCUT2D eigenvalue weighted by molar-refractivity contribution is 4.55. The van der Waals surface area contributed by atoms with E-state index in [1.165, 1.54) is 180 Å². The summed E-state index contributed by atoms with van der Waals surface area (Å²) in [6, 6.07) is 0. The predicted molar refractivity (Wildman–Crippen MR) is 155 cm³/mol. The van der Waals surface area contributed by atoms with Crippen molar-refractivity contribution < 1.29 is 4.74 Å². The molecule has 0 saturated carbocycles. The van der Waals surface area contributed by atoms with Gasteiger partial charge in [-0.3, -0.25) is 0 Å². The summed E-state index contributed by atoms with van der Waals surface area (Å²) in [5.74, 6) is 0. The lowest BCUT2D eigenvalue weighted by Gasteiger charge is -2.05. The van der Waals surface area contributed by atoms with Crippen LogP contribution in [0.3, 0.4) is 0 Å². The zero-order valence-electron chi connectivity index (χ0n) is 24.2. The molecule has 0 atom stereocenters. The van der Waals surface area contributed by atoms with Crippen LogP contribution >= 0.6 is 0 Å². The fourth-order valence-electron chi connectivity index (χ4n) is 4.97. The molecule has 0 spiro atoms. The Hall–Kier alpha value is -0.0400. The van der Waals surface area contributed by atoms with Gasteiger partial charge in [0, 0.05) is 6.61 Å². The van der Waals surface area contributed by atoms with Crippen LogP contribution in [0.5, 0.6) is 0 Å². The third-order valence-corrected chi connectivity index (χ3v) is 7.41. The molecule has 1 heteroatoms. The summed E-state index contributed by atoms with van der Waals surface area (Å²) in [4.78, 5) is 0. The number of hydrogen-bond acceptors (Lipinski definition) is 1. The minimum absolute atomic E-state index is 0.939. The van der Waals surface area contributed by atoms with Gasteiger partial charge in [0.2, 0.25) is 0 Å². The second-order valence-electron chi connectivity index (χ2n) is 11.0. The lowest BCUT2D eigenvalue weighted by molar-refractivity contribution is 0.183. The van der Waals surface area contributed by atoms with E-state index in [-0.39, 0.29) is 0 Å². The van der Waals surface area contributed by atoms with E-state index < -0.39 is 0 Å². The number of rotatable bonds is 31. The van der Waals surface area contributed by atoms with E-state index in [1.807, 2.05) is 0 Å². The molecule has 0 rings (SSSR count). The van der Waals surface area contributed by atoms with E-state index in [0.29, 0.717) is 0 Å². The first-order chi connectivity index (χ1) is 16.9. The molecule has 0 N–H and O–H groups in total. The Morgan fingerprint density at radius 1 is 0.324 bits per heavy atom. The van der Waals surface area contributed by atoms with Crippen LogP contribution in [0, 0.1) is 6.61 Å². The number of unbranched alkanes of at least 4 members (excludes halogenated alkanes) is 27. The minimum Gasteiger partial charge on any atom is -0.376 e. The van der Waals surface area contributed by atoms with E-state index in [4.69, 9.17) is 4.74 Å². The van der Waals surface area contributed by atoms with Crippen molar-refractivity contribution in [2.75, 3.05) is 6.61 Å². The fourth-order valence-corrected chi connectivity index (χ4v) is 4.97. The summed E-state index contributed by atoms with van der Waals surface area (Å²) in [6.07, 6.45) is 41.2. The highest BCUT2D eigenvalue weighted by Crippen LogP contribution is 2.15. The molecule has 0 aromatic carbocycles. The summed E-state index contributed by atoms with van der Waals surface area (Å²) in [7, 11) is 0. The molecule has 1 radical (unpaired) electrons. The highest BCUT2D eigenvalue weighted by Gasteiger charge is 1.97. The second kappa shape index (κ2) is 33.0. The van der Waals surface area contributed by atoms with E-state index in [2.05, 4.69) is 20.5 Å². The monoisotopic (exact) mass is 480 g/mol. The smallest absolute Gasteiger partial charge is 0.0836 e. The van der Waals surface area contributed by atoms with Crippen LogP contribution in [-0.4, -0.2) is 6.61 Å². The summed E-state index contributed by atoms with van der Waals surface area (Å²) in [5.41, 5.74) is 0. The standard InChI is InChI=1S/C33H67O/c1-3-5-7-9-11-13-14-15-16-17-18-19-20-21-22-23-25-27-29-31-33-34-32-30-28-26-24-12-10-8-6-4-2/h33H,3-32H2,1-2H3. The van der Waals surface area contributed by atoms with Gasteiger partial charge in [-0.2, -0.15) is 0 Å². The lowest BCUT2D eigenvalue weighted by atomic mass is 10.0. The minimum atomic E-state index is 0.939. The maximum absolute atomic E-state index is 5.71. The Morgan fingerprint density at radius 3 is 0.912 bits per heavy atom. The zero-order valence-corrected chi connectivity index (χ0v) is 24.2. The number of hydrogen-bond donors (Lipinski definition) is 0. The average Bonchev–Trinajstić information content (AvgIpc) is 2.85. The van der Waals surface area contributed by atoms with Crippen LogP contribution in [0.4, 0.5) is 0 Å². The first-order valence-electron chi connectivity index (χ1n) is 16.3. The molecule has 0 saturated heterocycles. The molecule has 0 amide bonds. The van der Waals surface area contributed by atoms with Crippen molar-refractivity contribution in [1.29, 1.82) is 0 Å². The molecule has 34 heavy (non-hydrogen) atoms. The molecule has 1 nitrogen and oxygen atoms in total. The molecule has 0 aromatic heterocycles. The Labute approximate surface area is 218 Å². The van der Waals surface area contributed by atoms with Gasteiger partial charge in [-0.05, 0) is 12.8 Å². The molecular formula is C33H67O.